The van der Waals surface area contributed by atoms with Gasteiger partial charge in [0, 0.05) is 12.7 Å². The molecule has 3 heteroatoms. The van der Waals surface area contributed by atoms with E-state index in [1.165, 1.54) is 6.08 Å². The summed E-state index contributed by atoms with van der Waals surface area (Å²) >= 11 is 0. The van der Waals surface area contributed by atoms with E-state index < -0.39 is 0 Å². The lowest BCUT2D eigenvalue weighted by atomic mass is 10.5. The zero-order valence-electron chi connectivity index (χ0n) is 7.33. The molecular weight excluding hydrogens is 144 g/mol. The summed E-state index contributed by atoms with van der Waals surface area (Å²) in [5.41, 5.74) is 0. The third-order valence-corrected chi connectivity index (χ3v) is 0.589. The molecule has 1 N–H and O–H groups in total. The highest BCUT2D eigenvalue weighted by Gasteiger charge is 1.88. The SMILES string of the molecule is C/C=C/C(=O)OCC.CCO. The molecule has 0 fully saturated rings. The molecule has 0 atom stereocenters. The highest BCUT2D eigenvalue weighted by Crippen LogP contribution is 1.78. The standard InChI is InChI=1S/C6H10O2.C2H6O/c1-3-5-6(7)8-4-2;1-2-3/h3,5H,4H2,1-2H3;3H,2H2,1H3/b5-3+;. The molecule has 0 heterocycles. The lowest BCUT2D eigenvalue weighted by Gasteiger charge is -1.91. The van der Waals surface area contributed by atoms with Crippen molar-refractivity contribution >= 4 is 5.97 Å². The van der Waals surface area contributed by atoms with Crippen molar-refractivity contribution in [2.75, 3.05) is 13.2 Å². The van der Waals surface area contributed by atoms with Gasteiger partial charge in [0.05, 0.1) is 6.61 Å². The molecule has 0 aliphatic heterocycles. The van der Waals surface area contributed by atoms with Crippen LogP contribution in [0.1, 0.15) is 20.8 Å². The number of hydrogen-bond acceptors (Lipinski definition) is 3. The summed E-state index contributed by atoms with van der Waals surface area (Å²) in [7, 11) is 0. The third-order valence-electron chi connectivity index (χ3n) is 0.589. The highest BCUT2D eigenvalue weighted by atomic mass is 16.5. The Labute approximate surface area is 67.7 Å². The van der Waals surface area contributed by atoms with Crippen molar-refractivity contribution in [1.29, 1.82) is 0 Å². The first-order valence-electron chi connectivity index (χ1n) is 3.63. The largest absolute Gasteiger partial charge is 0.463 e. The minimum atomic E-state index is -0.269. The van der Waals surface area contributed by atoms with E-state index in [1.54, 1.807) is 26.8 Å². The number of allylic oxidation sites excluding steroid dienone is 1. The first-order valence-corrected chi connectivity index (χ1v) is 3.63. The Morgan fingerprint density at radius 3 is 2.27 bits per heavy atom. The van der Waals surface area contributed by atoms with Crippen LogP contribution in [0.25, 0.3) is 0 Å². The second-order valence-electron chi connectivity index (χ2n) is 1.57. The molecule has 0 saturated heterocycles. The summed E-state index contributed by atoms with van der Waals surface area (Å²) in [6.45, 7) is 5.93. The van der Waals surface area contributed by atoms with Crippen LogP contribution in [-0.4, -0.2) is 24.3 Å². The smallest absolute Gasteiger partial charge is 0.330 e. The van der Waals surface area contributed by atoms with Gasteiger partial charge < -0.3 is 9.84 Å². The lowest BCUT2D eigenvalue weighted by molar-refractivity contribution is -0.137. The average Bonchev–Trinajstić information content (AvgIpc) is 1.90. The molecule has 0 saturated carbocycles. The van der Waals surface area contributed by atoms with Crippen molar-refractivity contribution in [3.8, 4) is 0 Å². The van der Waals surface area contributed by atoms with Crippen LogP contribution in [0.2, 0.25) is 0 Å². The maximum absolute atomic E-state index is 10.3. The van der Waals surface area contributed by atoms with Crippen molar-refractivity contribution in [3.63, 3.8) is 0 Å². The van der Waals surface area contributed by atoms with E-state index >= 15 is 0 Å². The van der Waals surface area contributed by atoms with Crippen LogP contribution in [0.15, 0.2) is 12.2 Å². The summed E-state index contributed by atoms with van der Waals surface area (Å²) < 4.78 is 4.56. The summed E-state index contributed by atoms with van der Waals surface area (Å²) in [6.07, 6.45) is 3.04. The average molecular weight is 160 g/mol. The second kappa shape index (κ2) is 11.9. The highest BCUT2D eigenvalue weighted by molar-refractivity contribution is 5.81. The van der Waals surface area contributed by atoms with Crippen molar-refractivity contribution in [3.05, 3.63) is 12.2 Å². The van der Waals surface area contributed by atoms with Gasteiger partial charge >= 0.3 is 5.97 Å². The molecule has 0 aromatic heterocycles. The number of carbonyl (C=O) groups is 1. The Bertz CT molecular complexity index is 108. The molecule has 0 unspecified atom stereocenters. The van der Waals surface area contributed by atoms with Crippen LogP contribution >= 0.6 is 0 Å². The Morgan fingerprint density at radius 1 is 1.55 bits per heavy atom. The molecule has 0 aromatic carbocycles. The van der Waals surface area contributed by atoms with Crippen LogP contribution in [0.3, 0.4) is 0 Å². The van der Waals surface area contributed by atoms with Gasteiger partial charge in [0.1, 0.15) is 0 Å². The minimum Gasteiger partial charge on any atom is -0.463 e. The fourth-order valence-corrected chi connectivity index (χ4v) is 0.326. The van der Waals surface area contributed by atoms with Gasteiger partial charge in [-0.15, -0.1) is 0 Å². The molecule has 66 valence electrons. The molecule has 0 bridgehead atoms. The Hall–Kier alpha value is -0.830. The van der Waals surface area contributed by atoms with E-state index in [4.69, 9.17) is 5.11 Å². The summed E-state index contributed by atoms with van der Waals surface area (Å²) in [4.78, 5) is 10.3. The van der Waals surface area contributed by atoms with E-state index in [1.807, 2.05) is 0 Å². The summed E-state index contributed by atoms with van der Waals surface area (Å²) in [5, 5.41) is 7.57. The van der Waals surface area contributed by atoms with Crippen LogP contribution in [0.5, 0.6) is 0 Å². The Kier molecular flexibility index (Phi) is 13.9. The van der Waals surface area contributed by atoms with E-state index in [0.29, 0.717) is 6.61 Å². The molecule has 0 amide bonds. The Balaban J connectivity index is 0. The summed E-state index contributed by atoms with van der Waals surface area (Å²) in [5.74, 6) is -0.269. The number of ether oxygens (including phenoxy) is 1. The predicted octanol–water partition coefficient (Wildman–Crippen LogP) is 1.12. The molecule has 0 radical (unpaired) electrons. The van der Waals surface area contributed by atoms with Crippen molar-refractivity contribution in [2.45, 2.75) is 20.8 Å². The molecule has 11 heavy (non-hydrogen) atoms. The van der Waals surface area contributed by atoms with E-state index in [9.17, 15) is 4.79 Å². The van der Waals surface area contributed by atoms with Gasteiger partial charge in [0.25, 0.3) is 0 Å². The van der Waals surface area contributed by atoms with Crippen molar-refractivity contribution in [1.82, 2.24) is 0 Å². The number of aliphatic hydroxyl groups is 1. The number of rotatable bonds is 2. The maximum atomic E-state index is 10.3. The number of carbonyl (C=O) groups excluding carboxylic acids is 1. The number of aliphatic hydroxyl groups excluding tert-OH is 1. The molecular formula is C8H16O3. The summed E-state index contributed by atoms with van der Waals surface area (Å²) in [6, 6.07) is 0. The van der Waals surface area contributed by atoms with Gasteiger partial charge in [-0.2, -0.15) is 0 Å². The van der Waals surface area contributed by atoms with Gasteiger partial charge in [0.2, 0.25) is 0 Å². The lowest BCUT2D eigenvalue weighted by Crippen LogP contribution is -1.98. The first kappa shape index (κ1) is 12.8. The zero-order chi connectivity index (χ0) is 9.11. The van der Waals surface area contributed by atoms with E-state index in [0.717, 1.165) is 0 Å². The fraction of sp³-hybridized carbons (Fsp3) is 0.625. The van der Waals surface area contributed by atoms with E-state index in [2.05, 4.69) is 4.74 Å². The normalized spacial score (nSPS) is 8.73. The van der Waals surface area contributed by atoms with Crippen LogP contribution in [0, 0.1) is 0 Å². The Morgan fingerprint density at radius 2 is 2.00 bits per heavy atom. The molecule has 0 rings (SSSR count). The van der Waals surface area contributed by atoms with E-state index in [-0.39, 0.29) is 12.6 Å². The molecule has 0 aliphatic carbocycles. The fourth-order valence-electron chi connectivity index (χ4n) is 0.326. The number of hydrogen-bond donors (Lipinski definition) is 1. The van der Waals surface area contributed by atoms with Crippen LogP contribution in [-0.2, 0) is 9.53 Å². The van der Waals surface area contributed by atoms with Gasteiger partial charge in [-0.25, -0.2) is 4.79 Å². The molecule has 0 aliphatic rings. The monoisotopic (exact) mass is 160 g/mol. The van der Waals surface area contributed by atoms with Crippen LogP contribution < -0.4 is 0 Å². The van der Waals surface area contributed by atoms with Gasteiger partial charge in [-0.1, -0.05) is 6.08 Å². The van der Waals surface area contributed by atoms with Crippen LogP contribution in [0.4, 0.5) is 0 Å². The topological polar surface area (TPSA) is 46.5 Å². The second-order valence-corrected chi connectivity index (χ2v) is 1.57. The van der Waals surface area contributed by atoms with Crippen molar-refractivity contribution < 1.29 is 14.6 Å². The zero-order valence-corrected chi connectivity index (χ0v) is 7.33. The van der Waals surface area contributed by atoms with Gasteiger partial charge in [-0.05, 0) is 20.8 Å². The third kappa shape index (κ3) is 17.6. The minimum absolute atomic E-state index is 0.250. The quantitative estimate of drug-likeness (QED) is 0.486. The molecule has 3 nitrogen and oxygen atoms in total. The predicted molar refractivity (Wildman–Crippen MR) is 44.2 cm³/mol. The van der Waals surface area contributed by atoms with Gasteiger partial charge in [0.15, 0.2) is 0 Å². The van der Waals surface area contributed by atoms with Crippen molar-refractivity contribution in [2.24, 2.45) is 0 Å². The van der Waals surface area contributed by atoms with Gasteiger partial charge in [-0.3, -0.25) is 0 Å². The molecule has 0 spiro atoms. The maximum Gasteiger partial charge on any atom is 0.330 e. The molecule has 0 aromatic rings. The number of esters is 1. The first-order chi connectivity index (χ1) is 5.22.